The van der Waals surface area contributed by atoms with Gasteiger partial charge in [-0.25, -0.2) is 4.98 Å². The zero-order valence-corrected chi connectivity index (χ0v) is 11.0. The van der Waals surface area contributed by atoms with Gasteiger partial charge in [0, 0.05) is 6.07 Å². The van der Waals surface area contributed by atoms with Crippen LogP contribution in [-0.2, 0) is 0 Å². The smallest absolute Gasteiger partial charge is 0.287 e. The Labute approximate surface area is 110 Å². The van der Waals surface area contributed by atoms with Gasteiger partial charge in [-0.1, -0.05) is 0 Å². The monoisotopic (exact) mass is 261 g/mol. The predicted molar refractivity (Wildman–Crippen MR) is 71.1 cm³/mol. The Morgan fingerprint density at radius 2 is 2.16 bits per heavy atom. The highest BCUT2D eigenvalue weighted by molar-refractivity contribution is 5.49. The molecule has 6 heteroatoms. The van der Waals surface area contributed by atoms with E-state index in [-0.39, 0.29) is 11.7 Å². The molecule has 1 unspecified atom stereocenters. The first-order valence-electron chi connectivity index (χ1n) is 5.91. The third-order valence-electron chi connectivity index (χ3n) is 2.82. The summed E-state index contributed by atoms with van der Waals surface area (Å²) in [7, 11) is 0. The van der Waals surface area contributed by atoms with Crippen LogP contribution in [-0.4, -0.2) is 9.91 Å². The van der Waals surface area contributed by atoms with Gasteiger partial charge in [0.2, 0.25) is 0 Å². The minimum absolute atomic E-state index is 0.00968. The fraction of sp³-hybridized carbons (Fsp3) is 0.308. The van der Waals surface area contributed by atoms with E-state index < -0.39 is 4.92 Å². The Morgan fingerprint density at radius 1 is 1.42 bits per heavy atom. The first-order valence-corrected chi connectivity index (χ1v) is 5.91. The van der Waals surface area contributed by atoms with Crippen LogP contribution in [0.5, 0.6) is 0 Å². The molecule has 0 radical (unpaired) electrons. The van der Waals surface area contributed by atoms with Gasteiger partial charge in [-0.3, -0.25) is 10.1 Å². The van der Waals surface area contributed by atoms with Gasteiger partial charge >= 0.3 is 0 Å². The SMILES string of the molecule is Cc1ccc(C(C)Nc2ncc([N+](=O)[O-])cc2C)o1. The number of aromatic nitrogens is 1. The summed E-state index contributed by atoms with van der Waals surface area (Å²) < 4.78 is 5.52. The summed E-state index contributed by atoms with van der Waals surface area (Å²) in [5, 5.41) is 13.8. The lowest BCUT2D eigenvalue weighted by Gasteiger charge is -2.13. The lowest BCUT2D eigenvalue weighted by Crippen LogP contribution is -2.08. The second kappa shape index (κ2) is 5.09. The van der Waals surface area contributed by atoms with Crippen LogP contribution in [0.3, 0.4) is 0 Å². The normalized spacial score (nSPS) is 12.2. The number of aryl methyl sites for hydroxylation is 2. The van der Waals surface area contributed by atoms with E-state index in [1.165, 1.54) is 12.3 Å². The highest BCUT2D eigenvalue weighted by atomic mass is 16.6. The molecule has 2 rings (SSSR count). The van der Waals surface area contributed by atoms with Crippen molar-refractivity contribution in [3.05, 3.63) is 51.6 Å². The van der Waals surface area contributed by atoms with Crippen LogP contribution < -0.4 is 5.32 Å². The highest BCUT2D eigenvalue weighted by Gasteiger charge is 2.14. The minimum atomic E-state index is -0.455. The first-order chi connectivity index (χ1) is 8.97. The largest absolute Gasteiger partial charge is 0.464 e. The van der Waals surface area contributed by atoms with Crippen LogP contribution in [0.25, 0.3) is 0 Å². The molecule has 2 aromatic heterocycles. The second-order valence-corrected chi connectivity index (χ2v) is 4.43. The van der Waals surface area contributed by atoms with Crippen molar-refractivity contribution >= 4 is 11.5 Å². The number of nitrogens with one attached hydrogen (secondary N) is 1. The van der Waals surface area contributed by atoms with E-state index in [4.69, 9.17) is 4.42 Å². The maximum atomic E-state index is 10.6. The Balaban J connectivity index is 2.17. The average Bonchev–Trinajstić information content (AvgIpc) is 2.78. The summed E-state index contributed by atoms with van der Waals surface area (Å²) in [6.07, 6.45) is 1.25. The van der Waals surface area contributed by atoms with Crippen LogP contribution in [0.4, 0.5) is 11.5 Å². The number of hydrogen-bond acceptors (Lipinski definition) is 5. The zero-order chi connectivity index (χ0) is 14.0. The molecule has 0 bridgehead atoms. The van der Waals surface area contributed by atoms with Crippen LogP contribution in [0.2, 0.25) is 0 Å². The van der Waals surface area contributed by atoms with Crippen molar-refractivity contribution in [1.29, 1.82) is 0 Å². The molecule has 0 fully saturated rings. The molecule has 0 saturated heterocycles. The Bertz CT molecular complexity index is 607. The first kappa shape index (κ1) is 13.1. The van der Waals surface area contributed by atoms with Gasteiger partial charge < -0.3 is 9.73 Å². The van der Waals surface area contributed by atoms with Crippen LogP contribution in [0.1, 0.15) is 30.0 Å². The van der Waals surface area contributed by atoms with Crippen molar-refractivity contribution in [2.45, 2.75) is 26.8 Å². The van der Waals surface area contributed by atoms with Crippen molar-refractivity contribution < 1.29 is 9.34 Å². The van der Waals surface area contributed by atoms with E-state index in [0.29, 0.717) is 5.82 Å². The lowest BCUT2D eigenvalue weighted by molar-refractivity contribution is -0.385. The van der Waals surface area contributed by atoms with Crippen molar-refractivity contribution in [3.63, 3.8) is 0 Å². The standard InChI is InChI=1S/C13H15N3O3/c1-8-6-11(16(17)18)7-14-13(8)15-10(3)12-5-4-9(2)19-12/h4-7,10H,1-3H3,(H,14,15). The van der Waals surface area contributed by atoms with E-state index in [0.717, 1.165) is 17.1 Å². The summed E-state index contributed by atoms with van der Waals surface area (Å²) in [5.41, 5.74) is 0.717. The maximum absolute atomic E-state index is 10.6. The van der Waals surface area contributed by atoms with Crippen molar-refractivity contribution in [2.75, 3.05) is 5.32 Å². The zero-order valence-electron chi connectivity index (χ0n) is 11.0. The molecule has 0 aliphatic rings. The molecule has 0 spiro atoms. The van der Waals surface area contributed by atoms with Gasteiger partial charge in [-0.15, -0.1) is 0 Å². The number of anilines is 1. The number of nitro groups is 1. The molecule has 0 saturated carbocycles. The molecule has 6 nitrogen and oxygen atoms in total. The van der Waals surface area contributed by atoms with E-state index >= 15 is 0 Å². The van der Waals surface area contributed by atoms with Crippen molar-refractivity contribution in [2.24, 2.45) is 0 Å². The third kappa shape index (κ3) is 2.90. The van der Waals surface area contributed by atoms with Gasteiger partial charge in [0.25, 0.3) is 5.69 Å². The summed E-state index contributed by atoms with van der Waals surface area (Å²) in [5.74, 6) is 2.27. The molecule has 2 aromatic rings. The predicted octanol–water partition coefficient (Wildman–Crippen LogP) is 3.37. The van der Waals surface area contributed by atoms with Crippen LogP contribution >= 0.6 is 0 Å². The third-order valence-corrected chi connectivity index (χ3v) is 2.82. The average molecular weight is 261 g/mol. The van der Waals surface area contributed by atoms with Crippen molar-refractivity contribution in [3.8, 4) is 0 Å². The minimum Gasteiger partial charge on any atom is -0.464 e. The van der Waals surface area contributed by atoms with Crippen LogP contribution in [0, 0.1) is 24.0 Å². The molecule has 0 aliphatic carbocycles. The molecule has 100 valence electrons. The molecular formula is C13H15N3O3. The highest BCUT2D eigenvalue weighted by Crippen LogP contribution is 2.23. The van der Waals surface area contributed by atoms with E-state index in [9.17, 15) is 10.1 Å². The fourth-order valence-corrected chi connectivity index (χ4v) is 1.77. The molecule has 0 aromatic carbocycles. The fourth-order valence-electron chi connectivity index (χ4n) is 1.77. The van der Waals surface area contributed by atoms with E-state index in [2.05, 4.69) is 10.3 Å². The van der Waals surface area contributed by atoms with Gasteiger partial charge in [-0.05, 0) is 38.5 Å². The molecule has 1 atom stereocenters. The number of nitrogens with zero attached hydrogens (tertiary/aromatic N) is 2. The summed E-state index contributed by atoms with van der Waals surface area (Å²) in [4.78, 5) is 14.3. The van der Waals surface area contributed by atoms with Gasteiger partial charge in [0.05, 0.1) is 11.0 Å². The van der Waals surface area contributed by atoms with Gasteiger partial charge in [0.1, 0.15) is 23.5 Å². The van der Waals surface area contributed by atoms with Gasteiger partial charge in [-0.2, -0.15) is 0 Å². The Hall–Kier alpha value is -2.37. The molecule has 1 N–H and O–H groups in total. The molecule has 2 heterocycles. The van der Waals surface area contributed by atoms with Crippen LogP contribution in [0.15, 0.2) is 28.8 Å². The number of furan rings is 1. The molecule has 0 amide bonds. The quantitative estimate of drug-likeness (QED) is 0.674. The van der Waals surface area contributed by atoms with Crippen molar-refractivity contribution in [1.82, 2.24) is 4.98 Å². The molecular weight excluding hydrogens is 246 g/mol. The second-order valence-electron chi connectivity index (χ2n) is 4.43. The number of pyridine rings is 1. The maximum Gasteiger partial charge on any atom is 0.287 e. The van der Waals surface area contributed by atoms with E-state index in [1.807, 2.05) is 26.0 Å². The Morgan fingerprint density at radius 3 is 2.68 bits per heavy atom. The summed E-state index contributed by atoms with van der Waals surface area (Å²) in [6.45, 7) is 5.61. The number of rotatable bonds is 4. The lowest BCUT2D eigenvalue weighted by atomic mass is 10.2. The number of hydrogen-bond donors (Lipinski definition) is 1. The summed E-state index contributed by atoms with van der Waals surface area (Å²) in [6, 6.07) is 5.23. The topological polar surface area (TPSA) is 81.2 Å². The van der Waals surface area contributed by atoms with E-state index in [1.54, 1.807) is 6.92 Å². The van der Waals surface area contributed by atoms with Gasteiger partial charge in [0.15, 0.2) is 0 Å². The molecule has 19 heavy (non-hydrogen) atoms. The Kier molecular flexibility index (Phi) is 3.50. The summed E-state index contributed by atoms with van der Waals surface area (Å²) >= 11 is 0. The molecule has 0 aliphatic heterocycles.